The summed E-state index contributed by atoms with van der Waals surface area (Å²) in [6, 6.07) is 14.8. The van der Waals surface area contributed by atoms with Crippen LogP contribution < -0.4 is 4.90 Å². The van der Waals surface area contributed by atoms with Gasteiger partial charge in [0.25, 0.3) is 5.91 Å². The topological polar surface area (TPSA) is 90.9 Å². The number of aromatic nitrogens is 1. The van der Waals surface area contributed by atoms with Crippen LogP contribution in [0.15, 0.2) is 65.7 Å². The van der Waals surface area contributed by atoms with Crippen LogP contribution in [0.5, 0.6) is 0 Å². The molecule has 2 amide bonds. The Morgan fingerprint density at radius 3 is 2.48 bits per heavy atom. The van der Waals surface area contributed by atoms with Crippen molar-refractivity contribution in [3.63, 3.8) is 0 Å². The molecule has 0 radical (unpaired) electrons. The third-order valence-corrected chi connectivity index (χ3v) is 9.51. The van der Waals surface area contributed by atoms with E-state index in [1.54, 1.807) is 54.4 Å². The Morgan fingerprint density at radius 2 is 1.76 bits per heavy atom. The lowest BCUT2D eigenvalue weighted by Crippen LogP contribution is -2.41. The van der Waals surface area contributed by atoms with E-state index < -0.39 is 15.7 Å². The Morgan fingerprint density at radius 1 is 0.976 bits per heavy atom. The summed E-state index contributed by atoms with van der Waals surface area (Å²) in [6.07, 6.45) is 1.98. The number of rotatable bonds is 6. The molecule has 10 heteroatoms. The summed E-state index contributed by atoms with van der Waals surface area (Å²) < 4.78 is 41.1. The van der Waals surface area contributed by atoms with Gasteiger partial charge < -0.3 is 9.80 Å². The minimum absolute atomic E-state index is 0.107. The maximum absolute atomic E-state index is 14.6. The Labute approximate surface area is 248 Å². The molecule has 3 aromatic rings. The third-order valence-electron chi connectivity index (χ3n) is 7.66. The summed E-state index contributed by atoms with van der Waals surface area (Å²) >= 11 is 0. The van der Waals surface area contributed by atoms with E-state index in [0.29, 0.717) is 49.4 Å². The predicted molar refractivity (Wildman–Crippen MR) is 162 cm³/mol. The number of hydrogen-bond donors (Lipinski definition) is 0. The molecule has 42 heavy (non-hydrogen) atoms. The van der Waals surface area contributed by atoms with Gasteiger partial charge >= 0.3 is 0 Å². The molecule has 0 N–H and O–H groups in total. The Kier molecular flexibility index (Phi) is 10.1. The maximum atomic E-state index is 14.6. The molecule has 0 saturated carbocycles. The van der Waals surface area contributed by atoms with E-state index >= 15 is 0 Å². The number of benzene rings is 2. The van der Waals surface area contributed by atoms with Crippen molar-refractivity contribution in [3.05, 3.63) is 89.0 Å². The molecule has 8 nitrogen and oxygen atoms in total. The number of carbonyl (C=O) groups excluding carboxylic acids is 2. The molecule has 2 heterocycles. The van der Waals surface area contributed by atoms with Gasteiger partial charge in [-0.1, -0.05) is 24.3 Å². The smallest absolute Gasteiger partial charge is 0.276 e. The van der Waals surface area contributed by atoms with E-state index in [1.807, 2.05) is 13.0 Å². The second-order valence-corrected chi connectivity index (χ2v) is 13.2. The zero-order valence-corrected chi connectivity index (χ0v) is 25.5. The van der Waals surface area contributed by atoms with Crippen molar-refractivity contribution < 1.29 is 22.4 Å². The van der Waals surface area contributed by atoms with Crippen LogP contribution in [0.2, 0.25) is 0 Å². The van der Waals surface area contributed by atoms with Gasteiger partial charge in [0.2, 0.25) is 5.91 Å². The van der Waals surface area contributed by atoms with Gasteiger partial charge in [-0.2, -0.15) is 0 Å². The van der Waals surface area contributed by atoms with Gasteiger partial charge in [0.15, 0.2) is 9.84 Å². The summed E-state index contributed by atoms with van der Waals surface area (Å²) in [4.78, 5) is 37.1. The molecule has 1 aliphatic rings. The fraction of sp³-hybridized carbons (Fsp3) is 0.406. The second kappa shape index (κ2) is 13.6. The Balaban J connectivity index is 1.66. The molecule has 4 rings (SSSR count). The highest BCUT2D eigenvalue weighted by Crippen LogP contribution is 2.27. The molecule has 0 saturated heterocycles. The van der Waals surface area contributed by atoms with Gasteiger partial charge in [0.05, 0.1) is 16.3 Å². The Hall–Kier alpha value is -3.63. The first kappa shape index (κ1) is 31.3. The molecule has 0 atom stereocenters. The average Bonchev–Trinajstić information content (AvgIpc) is 3.00. The third kappa shape index (κ3) is 7.60. The quantitative estimate of drug-likeness (QED) is 0.408. The summed E-state index contributed by atoms with van der Waals surface area (Å²) in [5.74, 6) is -1.48. The first-order valence-electron chi connectivity index (χ1n) is 14.3. The van der Waals surface area contributed by atoms with Gasteiger partial charge in [-0.15, -0.1) is 0 Å². The summed E-state index contributed by atoms with van der Waals surface area (Å²) in [6.45, 7) is 9.79. The SMILES string of the molecule is Cc1ccc(C)c(S(=O)(=O)CCC(=O)N2CCN(C(C)C)CCCN(C(=O)c3ccccn3)c3cc(F)ccc3C2)c1. The number of hydrogen-bond acceptors (Lipinski definition) is 6. The summed E-state index contributed by atoms with van der Waals surface area (Å²) in [5.41, 5.74) is 2.70. The van der Waals surface area contributed by atoms with Crippen LogP contribution in [-0.2, 0) is 21.2 Å². The number of fused-ring (bicyclic) bond motifs is 1. The normalized spacial score (nSPS) is 15.3. The van der Waals surface area contributed by atoms with Crippen molar-refractivity contribution in [2.75, 3.05) is 36.8 Å². The zero-order valence-electron chi connectivity index (χ0n) is 24.7. The van der Waals surface area contributed by atoms with Crippen LogP contribution in [0.1, 0.15) is 53.9 Å². The number of carbonyl (C=O) groups is 2. The average molecular weight is 595 g/mol. The van der Waals surface area contributed by atoms with Crippen molar-refractivity contribution in [1.29, 1.82) is 0 Å². The second-order valence-electron chi connectivity index (χ2n) is 11.1. The number of halogens is 1. The summed E-state index contributed by atoms with van der Waals surface area (Å²) in [5, 5.41) is 0. The van der Waals surface area contributed by atoms with Crippen LogP contribution in [0.25, 0.3) is 0 Å². The number of nitrogens with zero attached hydrogens (tertiary/aromatic N) is 4. The van der Waals surface area contributed by atoms with Gasteiger partial charge in [0, 0.05) is 51.4 Å². The zero-order chi connectivity index (χ0) is 30.4. The van der Waals surface area contributed by atoms with Gasteiger partial charge in [0.1, 0.15) is 11.5 Å². The van der Waals surface area contributed by atoms with Crippen molar-refractivity contribution in [2.24, 2.45) is 0 Å². The van der Waals surface area contributed by atoms with Crippen LogP contribution in [0.3, 0.4) is 0 Å². The molecule has 1 aromatic heterocycles. The highest BCUT2D eigenvalue weighted by molar-refractivity contribution is 7.91. The minimum Gasteiger partial charge on any atom is -0.337 e. The van der Waals surface area contributed by atoms with Crippen LogP contribution >= 0.6 is 0 Å². The van der Waals surface area contributed by atoms with Crippen molar-refractivity contribution in [2.45, 2.75) is 58.0 Å². The van der Waals surface area contributed by atoms with E-state index in [4.69, 9.17) is 0 Å². The van der Waals surface area contributed by atoms with Crippen LogP contribution in [-0.4, -0.2) is 73.0 Å². The molecule has 0 bridgehead atoms. The van der Waals surface area contributed by atoms with Crippen molar-refractivity contribution in [1.82, 2.24) is 14.8 Å². The van der Waals surface area contributed by atoms with Crippen LogP contribution in [0.4, 0.5) is 10.1 Å². The number of sulfone groups is 1. The first-order valence-corrected chi connectivity index (χ1v) is 15.9. The monoisotopic (exact) mass is 594 g/mol. The Bertz CT molecular complexity index is 1530. The molecular formula is C32H39FN4O4S. The fourth-order valence-electron chi connectivity index (χ4n) is 5.22. The molecule has 0 unspecified atom stereocenters. The fourth-order valence-corrected chi connectivity index (χ4v) is 6.81. The number of pyridine rings is 1. The predicted octanol–water partition coefficient (Wildman–Crippen LogP) is 4.79. The molecule has 0 fully saturated rings. The highest BCUT2D eigenvalue weighted by Gasteiger charge is 2.27. The van der Waals surface area contributed by atoms with Gasteiger partial charge in [-0.3, -0.25) is 19.5 Å². The molecule has 0 aliphatic carbocycles. The van der Waals surface area contributed by atoms with E-state index in [9.17, 15) is 22.4 Å². The van der Waals surface area contributed by atoms with Gasteiger partial charge in [-0.25, -0.2) is 12.8 Å². The standard InChI is InChI=1S/C32H39FN4O4S/c1-23(2)35-15-7-16-37(32(39)28-8-5-6-14-34-28)29-21-27(33)12-11-26(29)22-36(18-17-35)31(38)13-19-42(40,41)30-20-24(3)9-10-25(30)4/h5-6,8-12,14,20-21,23H,7,13,15-19,22H2,1-4H3. The lowest BCUT2D eigenvalue weighted by molar-refractivity contribution is -0.131. The van der Waals surface area contributed by atoms with E-state index in [-0.39, 0.29) is 47.2 Å². The minimum atomic E-state index is -3.69. The first-order chi connectivity index (χ1) is 20.0. The summed E-state index contributed by atoms with van der Waals surface area (Å²) in [7, 11) is -3.69. The maximum Gasteiger partial charge on any atom is 0.276 e. The number of aryl methyl sites for hydroxylation is 2. The molecule has 2 aromatic carbocycles. The number of anilines is 1. The van der Waals surface area contributed by atoms with Crippen molar-refractivity contribution >= 4 is 27.3 Å². The highest BCUT2D eigenvalue weighted by atomic mass is 32.2. The lowest BCUT2D eigenvalue weighted by Gasteiger charge is -2.30. The molecule has 0 spiro atoms. The van der Waals surface area contributed by atoms with E-state index in [1.165, 1.54) is 17.0 Å². The molecule has 224 valence electrons. The van der Waals surface area contributed by atoms with E-state index in [0.717, 1.165) is 5.56 Å². The lowest BCUT2D eigenvalue weighted by atomic mass is 10.1. The van der Waals surface area contributed by atoms with Crippen LogP contribution in [0, 0.1) is 19.7 Å². The van der Waals surface area contributed by atoms with Gasteiger partial charge in [-0.05, 0) is 81.1 Å². The van der Waals surface area contributed by atoms with E-state index in [2.05, 4.69) is 23.7 Å². The van der Waals surface area contributed by atoms with Crippen molar-refractivity contribution in [3.8, 4) is 0 Å². The molecule has 1 aliphatic heterocycles. The number of amides is 2. The largest absolute Gasteiger partial charge is 0.337 e. The molecular weight excluding hydrogens is 555 g/mol.